The number of hydrogen-bond acceptors (Lipinski definition) is 3. The van der Waals surface area contributed by atoms with Crippen molar-refractivity contribution in [2.45, 2.75) is 0 Å². The molecule has 0 unspecified atom stereocenters. The van der Waals surface area contributed by atoms with E-state index in [0.29, 0.717) is 10.0 Å². The van der Waals surface area contributed by atoms with Crippen molar-refractivity contribution in [2.24, 2.45) is 10.9 Å². The quantitative estimate of drug-likeness (QED) is 0.286. The summed E-state index contributed by atoms with van der Waals surface area (Å²) in [6.45, 7) is 0. The number of carbonyl (C=O) groups excluding carboxylic acids is 1. The lowest BCUT2D eigenvalue weighted by atomic mass is 10.2. The molecular formula is C10H9Cl2N3O. The number of nitrogens with two attached hydrogens (primary N) is 1. The molecule has 0 saturated heterocycles. The minimum absolute atomic E-state index is 0.333. The predicted molar refractivity (Wildman–Crippen MR) is 66.3 cm³/mol. The van der Waals surface area contributed by atoms with Crippen LogP contribution in [0.2, 0.25) is 10.0 Å². The first-order chi connectivity index (χ1) is 7.63. The fraction of sp³-hybridized carbons (Fsp3) is 0. The largest absolute Gasteiger partial charge is 0.322 e. The Morgan fingerprint density at radius 3 is 2.75 bits per heavy atom. The molecule has 0 aromatic heterocycles. The monoisotopic (exact) mass is 257 g/mol. The van der Waals surface area contributed by atoms with Crippen LogP contribution in [0.4, 0.5) is 0 Å². The molecule has 1 rings (SSSR count). The zero-order valence-electron chi connectivity index (χ0n) is 8.15. The van der Waals surface area contributed by atoms with Gasteiger partial charge in [0.1, 0.15) is 6.34 Å². The summed E-state index contributed by atoms with van der Waals surface area (Å²) in [7, 11) is 0. The second kappa shape index (κ2) is 6.15. The highest BCUT2D eigenvalue weighted by Gasteiger charge is 1.97. The van der Waals surface area contributed by atoms with E-state index >= 15 is 0 Å². The number of nitrogens with one attached hydrogen (secondary N) is 1. The fourth-order valence-electron chi connectivity index (χ4n) is 0.937. The smallest absolute Gasteiger partial charge is 0.249 e. The third-order valence-corrected chi connectivity index (χ3v) is 2.39. The Bertz CT molecular complexity index is 444. The molecule has 0 atom stereocenters. The molecule has 0 saturated carbocycles. The van der Waals surface area contributed by atoms with Crippen LogP contribution in [-0.4, -0.2) is 12.2 Å². The summed E-state index contributed by atoms with van der Waals surface area (Å²) < 4.78 is 0. The summed E-state index contributed by atoms with van der Waals surface area (Å²) in [5, 5.41) is 6.36. The average molecular weight is 258 g/mol. The molecule has 0 aliphatic heterocycles. The van der Waals surface area contributed by atoms with Gasteiger partial charge in [-0.05, 0) is 23.8 Å². The molecule has 0 heterocycles. The SMILES string of the molecule is NN=CNC(=O)C=Cc1ccc(Cl)c(Cl)c1. The van der Waals surface area contributed by atoms with Crippen molar-refractivity contribution in [2.75, 3.05) is 0 Å². The Balaban J connectivity index is 2.69. The molecule has 3 N–H and O–H groups in total. The number of nitrogens with zero attached hydrogens (tertiary/aromatic N) is 1. The second-order valence-electron chi connectivity index (χ2n) is 2.79. The van der Waals surface area contributed by atoms with Gasteiger partial charge in [0, 0.05) is 6.08 Å². The molecule has 0 aliphatic rings. The van der Waals surface area contributed by atoms with Crippen molar-refractivity contribution in [3.63, 3.8) is 0 Å². The average Bonchev–Trinajstić information content (AvgIpc) is 2.28. The minimum Gasteiger partial charge on any atom is -0.322 e. The lowest BCUT2D eigenvalue weighted by Crippen LogP contribution is -2.19. The van der Waals surface area contributed by atoms with Crippen LogP contribution in [-0.2, 0) is 4.79 Å². The van der Waals surface area contributed by atoms with Crippen molar-refractivity contribution in [3.8, 4) is 0 Å². The van der Waals surface area contributed by atoms with Gasteiger partial charge in [0.25, 0.3) is 0 Å². The van der Waals surface area contributed by atoms with Crippen LogP contribution >= 0.6 is 23.2 Å². The number of benzene rings is 1. The van der Waals surface area contributed by atoms with E-state index in [1.807, 2.05) is 0 Å². The Morgan fingerprint density at radius 1 is 1.38 bits per heavy atom. The van der Waals surface area contributed by atoms with E-state index in [4.69, 9.17) is 29.0 Å². The molecule has 1 aromatic rings. The first kappa shape index (κ1) is 12.5. The predicted octanol–water partition coefficient (Wildman–Crippen LogP) is 2.02. The fourth-order valence-corrected chi connectivity index (χ4v) is 1.24. The Hall–Kier alpha value is -1.52. The zero-order chi connectivity index (χ0) is 12.0. The zero-order valence-corrected chi connectivity index (χ0v) is 9.66. The lowest BCUT2D eigenvalue weighted by molar-refractivity contribution is -0.115. The number of hydrogen-bond donors (Lipinski definition) is 2. The topological polar surface area (TPSA) is 67.5 Å². The van der Waals surface area contributed by atoms with E-state index in [1.54, 1.807) is 24.3 Å². The highest BCUT2D eigenvalue weighted by molar-refractivity contribution is 6.42. The number of amides is 1. The van der Waals surface area contributed by atoms with Crippen LogP contribution in [0, 0.1) is 0 Å². The van der Waals surface area contributed by atoms with E-state index < -0.39 is 0 Å². The molecule has 1 aromatic carbocycles. The molecule has 0 spiro atoms. The molecule has 16 heavy (non-hydrogen) atoms. The summed E-state index contributed by atoms with van der Waals surface area (Å²) in [6, 6.07) is 5.06. The van der Waals surface area contributed by atoms with Gasteiger partial charge in [-0.1, -0.05) is 29.3 Å². The van der Waals surface area contributed by atoms with Gasteiger partial charge in [-0.3, -0.25) is 4.79 Å². The first-order valence-electron chi connectivity index (χ1n) is 4.29. The minimum atomic E-state index is -0.333. The van der Waals surface area contributed by atoms with Crippen molar-refractivity contribution < 1.29 is 4.79 Å². The number of carbonyl (C=O) groups is 1. The summed E-state index contributed by atoms with van der Waals surface area (Å²) in [5.74, 6) is 4.49. The summed E-state index contributed by atoms with van der Waals surface area (Å²) in [5.41, 5.74) is 0.772. The van der Waals surface area contributed by atoms with Crippen LogP contribution in [0.15, 0.2) is 29.4 Å². The van der Waals surface area contributed by atoms with Gasteiger partial charge in [-0.2, -0.15) is 5.10 Å². The third kappa shape index (κ3) is 3.92. The maximum absolute atomic E-state index is 11.1. The number of rotatable bonds is 3. The van der Waals surface area contributed by atoms with Crippen LogP contribution in [0.3, 0.4) is 0 Å². The second-order valence-corrected chi connectivity index (χ2v) is 3.61. The molecule has 0 bridgehead atoms. The lowest BCUT2D eigenvalue weighted by Gasteiger charge is -1.97. The number of halogens is 2. The van der Waals surface area contributed by atoms with Gasteiger partial charge in [0.05, 0.1) is 10.0 Å². The maximum Gasteiger partial charge on any atom is 0.249 e. The van der Waals surface area contributed by atoms with Gasteiger partial charge >= 0.3 is 0 Å². The Kier molecular flexibility index (Phi) is 4.82. The molecular weight excluding hydrogens is 249 g/mol. The van der Waals surface area contributed by atoms with E-state index in [9.17, 15) is 4.79 Å². The van der Waals surface area contributed by atoms with Crippen molar-refractivity contribution in [1.29, 1.82) is 0 Å². The van der Waals surface area contributed by atoms with Gasteiger partial charge in [0.15, 0.2) is 0 Å². The van der Waals surface area contributed by atoms with Crippen LogP contribution in [0.5, 0.6) is 0 Å². The highest BCUT2D eigenvalue weighted by Crippen LogP contribution is 2.22. The van der Waals surface area contributed by atoms with Crippen molar-refractivity contribution in [3.05, 3.63) is 39.9 Å². The van der Waals surface area contributed by atoms with E-state index in [1.165, 1.54) is 6.08 Å². The molecule has 6 heteroatoms. The molecule has 0 fully saturated rings. The molecule has 1 amide bonds. The molecule has 4 nitrogen and oxygen atoms in total. The maximum atomic E-state index is 11.1. The third-order valence-electron chi connectivity index (χ3n) is 1.65. The molecule has 84 valence electrons. The van der Waals surface area contributed by atoms with Gasteiger partial charge < -0.3 is 11.2 Å². The first-order valence-corrected chi connectivity index (χ1v) is 5.04. The van der Waals surface area contributed by atoms with E-state index in [-0.39, 0.29) is 5.91 Å². The van der Waals surface area contributed by atoms with E-state index in [2.05, 4.69) is 10.4 Å². The number of hydrazone groups is 1. The Labute approximate surface area is 103 Å². The molecule has 0 aliphatic carbocycles. The summed E-state index contributed by atoms with van der Waals surface area (Å²) in [6.07, 6.45) is 4.03. The van der Waals surface area contributed by atoms with Crippen molar-refractivity contribution in [1.82, 2.24) is 5.32 Å². The van der Waals surface area contributed by atoms with Gasteiger partial charge in [-0.15, -0.1) is 0 Å². The van der Waals surface area contributed by atoms with Crippen LogP contribution in [0.1, 0.15) is 5.56 Å². The standard InChI is InChI=1S/C10H9Cl2N3O/c11-8-3-1-7(5-9(8)12)2-4-10(16)14-6-15-13/h1-6H,13H2,(H,14,15,16). The Morgan fingerprint density at radius 2 is 2.12 bits per heavy atom. The van der Waals surface area contributed by atoms with Gasteiger partial charge in [0.2, 0.25) is 5.91 Å². The van der Waals surface area contributed by atoms with Gasteiger partial charge in [-0.25, -0.2) is 0 Å². The normalized spacial score (nSPS) is 11.1. The van der Waals surface area contributed by atoms with Crippen molar-refractivity contribution >= 4 is 41.5 Å². The molecule has 0 radical (unpaired) electrons. The summed E-state index contributed by atoms with van der Waals surface area (Å²) >= 11 is 11.6. The van der Waals surface area contributed by atoms with E-state index in [0.717, 1.165) is 11.9 Å². The van der Waals surface area contributed by atoms with Crippen LogP contribution in [0.25, 0.3) is 6.08 Å². The summed E-state index contributed by atoms with van der Waals surface area (Å²) in [4.78, 5) is 11.1. The van der Waals surface area contributed by atoms with Crippen LogP contribution < -0.4 is 11.2 Å². The highest BCUT2D eigenvalue weighted by atomic mass is 35.5.